The lowest BCUT2D eigenvalue weighted by molar-refractivity contribution is -0.117. The van der Waals surface area contributed by atoms with Crippen molar-refractivity contribution in [2.24, 2.45) is 0 Å². The Hall–Kier alpha value is -2.11. The molecule has 9 nitrogen and oxygen atoms in total. The van der Waals surface area contributed by atoms with Gasteiger partial charge in [0.2, 0.25) is 15.9 Å². The second kappa shape index (κ2) is 12.2. The maximum Gasteiger partial charge on any atom is 0.321 e. The highest BCUT2D eigenvalue weighted by Gasteiger charge is 2.23. The van der Waals surface area contributed by atoms with Crippen molar-refractivity contribution in [1.82, 2.24) is 24.5 Å². The first kappa shape index (κ1) is 26.1. The number of sulfonamides is 1. The Kier molecular flexibility index (Phi) is 9.98. The molecule has 0 aliphatic rings. The number of carbonyl (C=O) groups excluding carboxylic acids is 2. The first-order valence-electron chi connectivity index (χ1n) is 11.0. The van der Waals surface area contributed by atoms with Gasteiger partial charge in [0, 0.05) is 26.2 Å². The van der Waals surface area contributed by atoms with Gasteiger partial charge in [-0.3, -0.25) is 10.1 Å². The molecule has 0 saturated carbocycles. The molecule has 0 fully saturated rings. The van der Waals surface area contributed by atoms with Crippen LogP contribution in [0.1, 0.15) is 47.0 Å². The zero-order valence-corrected chi connectivity index (χ0v) is 20.8. The Balaban J connectivity index is 2.28. The fourth-order valence-corrected chi connectivity index (χ4v) is 5.50. The number of imide groups is 1. The number of benzene rings is 1. The van der Waals surface area contributed by atoms with Gasteiger partial charge in [-0.1, -0.05) is 45.9 Å². The highest BCUT2D eigenvalue weighted by molar-refractivity contribution is 7.99. The van der Waals surface area contributed by atoms with Crippen LogP contribution >= 0.6 is 11.8 Å². The van der Waals surface area contributed by atoms with Crippen LogP contribution in [0.25, 0.3) is 11.0 Å². The number of thioether (sulfide) groups is 1. The van der Waals surface area contributed by atoms with Crippen molar-refractivity contribution in [2.45, 2.75) is 63.6 Å². The lowest BCUT2D eigenvalue weighted by atomic mass is 10.3. The summed E-state index contributed by atoms with van der Waals surface area (Å²) in [4.78, 5) is 28.6. The molecule has 1 aromatic carbocycles. The van der Waals surface area contributed by atoms with Crippen LogP contribution in [-0.4, -0.2) is 59.6 Å². The summed E-state index contributed by atoms with van der Waals surface area (Å²) in [7, 11) is -3.59. The molecule has 2 aromatic rings. The van der Waals surface area contributed by atoms with Gasteiger partial charge in [0.05, 0.1) is 21.7 Å². The monoisotopic (exact) mass is 483 g/mol. The number of hydrogen-bond acceptors (Lipinski definition) is 6. The zero-order valence-electron chi connectivity index (χ0n) is 19.2. The molecule has 2 N–H and O–H groups in total. The summed E-state index contributed by atoms with van der Waals surface area (Å²) in [6.07, 6.45) is 2.68. The molecule has 3 amide bonds. The van der Waals surface area contributed by atoms with Crippen molar-refractivity contribution in [3.63, 3.8) is 0 Å². The largest absolute Gasteiger partial charge is 0.338 e. The number of carbonyl (C=O) groups is 2. The number of nitrogens with zero attached hydrogens (tertiary/aromatic N) is 3. The fraction of sp³-hybridized carbons (Fsp3) is 0.571. The van der Waals surface area contributed by atoms with Gasteiger partial charge in [0.15, 0.2) is 5.16 Å². The van der Waals surface area contributed by atoms with Crippen LogP contribution in [0.4, 0.5) is 4.79 Å². The van der Waals surface area contributed by atoms with Crippen molar-refractivity contribution >= 4 is 44.8 Å². The molecule has 32 heavy (non-hydrogen) atoms. The van der Waals surface area contributed by atoms with Crippen LogP contribution < -0.4 is 10.6 Å². The van der Waals surface area contributed by atoms with Gasteiger partial charge in [-0.15, -0.1) is 0 Å². The number of fused-ring (bicyclic) bond motifs is 1. The summed E-state index contributed by atoms with van der Waals surface area (Å²) >= 11 is 1.23. The minimum Gasteiger partial charge on any atom is -0.338 e. The van der Waals surface area contributed by atoms with E-state index in [1.807, 2.05) is 11.5 Å². The molecule has 0 atom stereocenters. The summed E-state index contributed by atoms with van der Waals surface area (Å²) in [6, 6.07) is 4.47. The van der Waals surface area contributed by atoms with E-state index in [0.29, 0.717) is 36.9 Å². The van der Waals surface area contributed by atoms with E-state index in [0.717, 1.165) is 24.8 Å². The molecule has 2 rings (SSSR count). The third kappa shape index (κ3) is 6.46. The molecule has 0 spiro atoms. The van der Waals surface area contributed by atoms with E-state index in [9.17, 15) is 18.0 Å². The maximum atomic E-state index is 12.9. The minimum absolute atomic E-state index is 0.0274. The summed E-state index contributed by atoms with van der Waals surface area (Å²) in [5.41, 5.74) is 1.39. The second-order valence-electron chi connectivity index (χ2n) is 7.23. The van der Waals surface area contributed by atoms with E-state index in [1.54, 1.807) is 32.0 Å². The number of nitrogens with one attached hydrogen (secondary N) is 2. The number of amides is 3. The molecule has 1 aromatic heterocycles. The third-order valence-corrected chi connectivity index (χ3v) is 7.91. The van der Waals surface area contributed by atoms with Crippen LogP contribution in [0.15, 0.2) is 28.3 Å². The van der Waals surface area contributed by atoms with Crippen molar-refractivity contribution in [3.05, 3.63) is 18.2 Å². The maximum absolute atomic E-state index is 12.9. The Morgan fingerprint density at radius 1 is 1.12 bits per heavy atom. The van der Waals surface area contributed by atoms with Crippen molar-refractivity contribution in [2.75, 3.05) is 25.4 Å². The van der Waals surface area contributed by atoms with Crippen molar-refractivity contribution < 1.29 is 18.0 Å². The summed E-state index contributed by atoms with van der Waals surface area (Å²) in [5, 5.41) is 5.52. The zero-order chi connectivity index (χ0) is 23.7. The van der Waals surface area contributed by atoms with Gasteiger partial charge in [-0.2, -0.15) is 4.31 Å². The van der Waals surface area contributed by atoms with E-state index in [2.05, 4.69) is 22.5 Å². The van der Waals surface area contributed by atoms with Crippen LogP contribution in [0.3, 0.4) is 0 Å². The third-order valence-electron chi connectivity index (χ3n) is 4.88. The van der Waals surface area contributed by atoms with Gasteiger partial charge in [-0.25, -0.2) is 18.2 Å². The standard InChI is InChI=1S/C21H33N5O4S2/c1-5-9-13-26-18-11-10-16(32(29,30)25(7-3)8-4)14-17(18)23-21(26)31-15-19(27)24-20(28)22-12-6-2/h10-11,14H,5-9,12-13,15H2,1-4H3,(H2,22,24,27,28). The van der Waals surface area contributed by atoms with Crippen molar-refractivity contribution in [1.29, 1.82) is 0 Å². The lowest BCUT2D eigenvalue weighted by Gasteiger charge is -2.18. The second-order valence-corrected chi connectivity index (χ2v) is 10.1. The Morgan fingerprint density at radius 2 is 1.84 bits per heavy atom. The topological polar surface area (TPSA) is 113 Å². The van der Waals surface area contributed by atoms with Gasteiger partial charge >= 0.3 is 6.03 Å². The van der Waals surface area contributed by atoms with E-state index >= 15 is 0 Å². The highest BCUT2D eigenvalue weighted by Crippen LogP contribution is 2.27. The van der Waals surface area contributed by atoms with Gasteiger partial charge in [0.1, 0.15) is 0 Å². The van der Waals surface area contributed by atoms with E-state index in [-0.39, 0.29) is 10.6 Å². The normalized spacial score (nSPS) is 11.8. The first-order chi connectivity index (χ1) is 15.3. The van der Waals surface area contributed by atoms with Gasteiger partial charge < -0.3 is 9.88 Å². The number of urea groups is 1. The minimum atomic E-state index is -3.59. The average Bonchev–Trinajstić information content (AvgIpc) is 3.12. The molecular formula is C21H33N5O4S2. The molecule has 0 radical (unpaired) electrons. The summed E-state index contributed by atoms with van der Waals surface area (Å²) in [5.74, 6) is -0.387. The number of unbranched alkanes of at least 4 members (excludes halogenated alkanes) is 1. The fourth-order valence-electron chi connectivity index (χ4n) is 3.18. The smallest absolute Gasteiger partial charge is 0.321 e. The predicted octanol–water partition coefficient (Wildman–Crippen LogP) is 3.19. The van der Waals surface area contributed by atoms with Crippen LogP contribution in [0.2, 0.25) is 0 Å². The SMILES string of the molecule is CCCCn1c(SCC(=O)NC(=O)NCCC)nc2cc(S(=O)(=O)N(CC)CC)ccc21. The summed E-state index contributed by atoms with van der Waals surface area (Å²) in [6.45, 7) is 9.62. The molecule has 0 aliphatic heterocycles. The predicted molar refractivity (Wildman–Crippen MR) is 127 cm³/mol. The van der Waals surface area contributed by atoms with Crippen LogP contribution in [-0.2, 0) is 21.4 Å². The molecule has 0 aliphatic carbocycles. The molecule has 0 saturated heterocycles. The van der Waals surface area contributed by atoms with E-state index < -0.39 is 22.0 Å². The van der Waals surface area contributed by atoms with Crippen LogP contribution in [0.5, 0.6) is 0 Å². The Labute approximate surface area is 194 Å². The quantitative estimate of drug-likeness (QED) is 0.448. The lowest BCUT2D eigenvalue weighted by Crippen LogP contribution is -2.40. The van der Waals surface area contributed by atoms with Crippen molar-refractivity contribution in [3.8, 4) is 0 Å². The number of hydrogen-bond donors (Lipinski definition) is 2. The molecule has 0 unspecified atom stereocenters. The molecule has 11 heteroatoms. The van der Waals surface area contributed by atoms with E-state index in [4.69, 9.17) is 0 Å². The first-order valence-corrected chi connectivity index (χ1v) is 13.4. The Bertz CT molecular complexity index is 1030. The molecule has 1 heterocycles. The van der Waals surface area contributed by atoms with Gasteiger partial charge in [0.25, 0.3) is 0 Å². The molecular weight excluding hydrogens is 450 g/mol. The van der Waals surface area contributed by atoms with E-state index in [1.165, 1.54) is 16.1 Å². The molecule has 0 bridgehead atoms. The number of aromatic nitrogens is 2. The average molecular weight is 484 g/mol. The molecule has 178 valence electrons. The summed E-state index contributed by atoms with van der Waals surface area (Å²) < 4.78 is 29.2. The number of aryl methyl sites for hydroxylation is 1. The van der Waals surface area contributed by atoms with Crippen LogP contribution in [0, 0.1) is 0 Å². The Morgan fingerprint density at radius 3 is 2.47 bits per heavy atom. The highest BCUT2D eigenvalue weighted by atomic mass is 32.2. The number of imidazole rings is 1. The number of rotatable bonds is 12. The van der Waals surface area contributed by atoms with Gasteiger partial charge in [-0.05, 0) is 31.0 Å².